The fraction of sp³-hybridized carbons (Fsp3) is 1.00. The van der Waals surface area contributed by atoms with Crippen LogP contribution < -0.4 is 5.32 Å². The van der Waals surface area contributed by atoms with Gasteiger partial charge in [0, 0.05) is 6.04 Å². The maximum Gasteiger partial charge on any atom is 0.00723 e. The number of rotatable bonds is 11. The lowest BCUT2D eigenvalue weighted by atomic mass is 9.85. The monoisotopic (exact) mass is 295 g/mol. The van der Waals surface area contributed by atoms with E-state index in [1.54, 1.807) is 0 Å². The molecule has 1 saturated carbocycles. The summed E-state index contributed by atoms with van der Waals surface area (Å²) in [6.07, 6.45) is 18.7. The first kappa shape index (κ1) is 19.0. The predicted molar refractivity (Wildman–Crippen MR) is 95.8 cm³/mol. The summed E-state index contributed by atoms with van der Waals surface area (Å²) in [5.74, 6) is 1.95. The van der Waals surface area contributed by atoms with E-state index in [4.69, 9.17) is 0 Å². The van der Waals surface area contributed by atoms with E-state index >= 15 is 0 Å². The molecular formula is C20H41N. The van der Waals surface area contributed by atoms with Crippen LogP contribution in [0.15, 0.2) is 0 Å². The zero-order chi connectivity index (χ0) is 15.3. The number of unbranched alkanes of at least 4 members (excludes halogenated alkanes) is 1. The fourth-order valence-electron chi connectivity index (χ4n) is 4.00. The first-order chi connectivity index (χ1) is 10.3. The van der Waals surface area contributed by atoms with E-state index in [0.717, 1.165) is 17.9 Å². The van der Waals surface area contributed by atoms with Gasteiger partial charge < -0.3 is 5.32 Å². The van der Waals surface area contributed by atoms with Gasteiger partial charge >= 0.3 is 0 Å². The summed E-state index contributed by atoms with van der Waals surface area (Å²) in [5.41, 5.74) is 0. The Hall–Kier alpha value is -0.0400. The van der Waals surface area contributed by atoms with Crippen molar-refractivity contribution in [3.63, 3.8) is 0 Å². The van der Waals surface area contributed by atoms with Gasteiger partial charge in [0.15, 0.2) is 0 Å². The van der Waals surface area contributed by atoms with E-state index in [0.29, 0.717) is 0 Å². The SMILES string of the molecule is CCCCC(CC)CC(CC1CCCCCC1)NCCC. The highest BCUT2D eigenvalue weighted by Crippen LogP contribution is 2.29. The predicted octanol–water partition coefficient (Wildman–Crippen LogP) is 6.32. The zero-order valence-electron chi connectivity index (χ0n) is 15.1. The zero-order valence-corrected chi connectivity index (χ0v) is 15.1. The van der Waals surface area contributed by atoms with Crippen molar-refractivity contribution in [2.45, 2.75) is 110 Å². The molecule has 1 aliphatic carbocycles. The van der Waals surface area contributed by atoms with E-state index in [1.807, 2.05) is 0 Å². The van der Waals surface area contributed by atoms with Gasteiger partial charge in [-0.1, -0.05) is 85.0 Å². The molecule has 0 bridgehead atoms. The third-order valence-electron chi connectivity index (χ3n) is 5.44. The quantitative estimate of drug-likeness (QED) is 0.440. The Morgan fingerprint density at radius 2 is 1.67 bits per heavy atom. The normalized spacial score (nSPS) is 20.1. The van der Waals surface area contributed by atoms with E-state index < -0.39 is 0 Å². The van der Waals surface area contributed by atoms with Gasteiger partial charge in [-0.15, -0.1) is 0 Å². The summed E-state index contributed by atoms with van der Waals surface area (Å²) in [4.78, 5) is 0. The molecule has 1 heteroatoms. The van der Waals surface area contributed by atoms with Crippen molar-refractivity contribution < 1.29 is 0 Å². The van der Waals surface area contributed by atoms with Gasteiger partial charge in [-0.05, 0) is 37.6 Å². The van der Waals surface area contributed by atoms with E-state index in [9.17, 15) is 0 Å². The first-order valence-electron chi connectivity index (χ1n) is 10.0. The molecule has 0 aliphatic heterocycles. The first-order valence-corrected chi connectivity index (χ1v) is 10.0. The Bertz CT molecular complexity index is 218. The lowest BCUT2D eigenvalue weighted by Gasteiger charge is -2.27. The maximum atomic E-state index is 3.88. The van der Waals surface area contributed by atoms with Crippen molar-refractivity contribution in [2.24, 2.45) is 11.8 Å². The minimum absolute atomic E-state index is 0.787. The van der Waals surface area contributed by atoms with Crippen molar-refractivity contribution in [3.05, 3.63) is 0 Å². The Labute approximate surface area is 134 Å². The molecule has 1 fully saturated rings. The molecule has 0 aromatic carbocycles. The third kappa shape index (κ3) is 8.86. The Morgan fingerprint density at radius 3 is 2.24 bits per heavy atom. The number of nitrogens with one attached hydrogen (secondary N) is 1. The van der Waals surface area contributed by atoms with Gasteiger partial charge in [0.25, 0.3) is 0 Å². The molecule has 2 atom stereocenters. The average molecular weight is 296 g/mol. The molecule has 0 aromatic rings. The lowest BCUT2D eigenvalue weighted by Crippen LogP contribution is -2.33. The lowest BCUT2D eigenvalue weighted by molar-refractivity contribution is 0.289. The molecule has 2 unspecified atom stereocenters. The summed E-state index contributed by atoms with van der Waals surface area (Å²) >= 11 is 0. The van der Waals surface area contributed by atoms with Crippen molar-refractivity contribution >= 4 is 0 Å². The van der Waals surface area contributed by atoms with Crippen LogP contribution in [-0.2, 0) is 0 Å². The Balaban J connectivity index is 2.43. The number of hydrogen-bond acceptors (Lipinski definition) is 1. The molecule has 0 radical (unpaired) electrons. The van der Waals surface area contributed by atoms with Crippen molar-refractivity contribution in [1.82, 2.24) is 5.32 Å². The summed E-state index contributed by atoms with van der Waals surface area (Å²) in [6, 6.07) is 0.787. The summed E-state index contributed by atoms with van der Waals surface area (Å²) < 4.78 is 0. The van der Waals surface area contributed by atoms with Crippen LogP contribution in [0.25, 0.3) is 0 Å². The highest BCUT2D eigenvalue weighted by molar-refractivity contribution is 4.77. The van der Waals surface area contributed by atoms with Gasteiger partial charge in [-0.3, -0.25) is 0 Å². The molecule has 1 nitrogen and oxygen atoms in total. The molecule has 0 spiro atoms. The largest absolute Gasteiger partial charge is 0.314 e. The van der Waals surface area contributed by atoms with E-state index in [1.165, 1.54) is 90.0 Å². The topological polar surface area (TPSA) is 12.0 Å². The van der Waals surface area contributed by atoms with Gasteiger partial charge in [-0.2, -0.15) is 0 Å². The molecule has 0 amide bonds. The highest BCUT2D eigenvalue weighted by Gasteiger charge is 2.20. The molecule has 21 heavy (non-hydrogen) atoms. The third-order valence-corrected chi connectivity index (χ3v) is 5.44. The highest BCUT2D eigenvalue weighted by atomic mass is 14.9. The smallest absolute Gasteiger partial charge is 0.00723 e. The van der Waals surface area contributed by atoms with Gasteiger partial charge in [0.1, 0.15) is 0 Å². The van der Waals surface area contributed by atoms with Crippen LogP contribution in [0.5, 0.6) is 0 Å². The van der Waals surface area contributed by atoms with E-state index in [2.05, 4.69) is 26.1 Å². The number of hydrogen-bond donors (Lipinski definition) is 1. The van der Waals surface area contributed by atoms with Crippen LogP contribution in [0.1, 0.15) is 104 Å². The molecule has 0 saturated heterocycles. The second-order valence-corrected chi connectivity index (χ2v) is 7.40. The van der Waals surface area contributed by atoms with E-state index in [-0.39, 0.29) is 0 Å². The molecule has 1 aliphatic rings. The molecule has 1 N–H and O–H groups in total. The summed E-state index contributed by atoms with van der Waals surface area (Å²) in [5, 5.41) is 3.88. The van der Waals surface area contributed by atoms with Crippen LogP contribution in [-0.4, -0.2) is 12.6 Å². The van der Waals surface area contributed by atoms with Gasteiger partial charge in [0.2, 0.25) is 0 Å². The fourth-order valence-corrected chi connectivity index (χ4v) is 4.00. The van der Waals surface area contributed by atoms with Crippen LogP contribution in [0, 0.1) is 11.8 Å². The van der Waals surface area contributed by atoms with Gasteiger partial charge in [-0.25, -0.2) is 0 Å². The van der Waals surface area contributed by atoms with Crippen molar-refractivity contribution in [1.29, 1.82) is 0 Å². The molecule has 0 heterocycles. The molecule has 0 aromatic heterocycles. The van der Waals surface area contributed by atoms with Crippen molar-refractivity contribution in [3.8, 4) is 0 Å². The van der Waals surface area contributed by atoms with Crippen LogP contribution in [0.4, 0.5) is 0 Å². The Kier molecular flexibility index (Phi) is 11.3. The second kappa shape index (κ2) is 12.5. The maximum absolute atomic E-state index is 3.88. The average Bonchev–Trinajstić information content (AvgIpc) is 2.77. The minimum atomic E-state index is 0.787. The molecular weight excluding hydrogens is 254 g/mol. The van der Waals surface area contributed by atoms with Crippen molar-refractivity contribution in [2.75, 3.05) is 6.54 Å². The van der Waals surface area contributed by atoms with Crippen LogP contribution in [0.3, 0.4) is 0 Å². The minimum Gasteiger partial charge on any atom is -0.314 e. The summed E-state index contributed by atoms with van der Waals surface area (Å²) in [7, 11) is 0. The second-order valence-electron chi connectivity index (χ2n) is 7.40. The molecule has 126 valence electrons. The van der Waals surface area contributed by atoms with Crippen LogP contribution >= 0.6 is 0 Å². The Morgan fingerprint density at radius 1 is 0.952 bits per heavy atom. The van der Waals surface area contributed by atoms with Crippen LogP contribution in [0.2, 0.25) is 0 Å². The van der Waals surface area contributed by atoms with Gasteiger partial charge in [0.05, 0.1) is 0 Å². The summed E-state index contributed by atoms with van der Waals surface area (Å²) in [6.45, 7) is 8.22. The standard InChI is InChI=1S/C20H41N/c1-4-7-12-18(6-3)16-20(21-15-5-2)17-19-13-10-8-9-11-14-19/h18-21H,4-17H2,1-3H3. The molecule has 1 rings (SSSR count).